The fourth-order valence-electron chi connectivity index (χ4n) is 2.32. The molecule has 6 nitrogen and oxygen atoms in total. The lowest BCUT2D eigenvalue weighted by Gasteiger charge is -2.10. The number of carbonyl (C=O) groups is 2. The second-order valence-corrected chi connectivity index (χ2v) is 5.44. The lowest BCUT2D eigenvalue weighted by atomic mass is 10.1. The Morgan fingerprint density at radius 3 is 1.81 bits per heavy atom. The number of hydrogen-bond donors (Lipinski definition) is 2. The summed E-state index contributed by atoms with van der Waals surface area (Å²) in [6.07, 6.45) is 0. The molecule has 0 saturated heterocycles. The molecule has 3 aromatic rings. The minimum atomic E-state index is -1.12. The van der Waals surface area contributed by atoms with Crippen molar-refractivity contribution in [2.45, 2.75) is 0 Å². The first-order valence-corrected chi connectivity index (χ1v) is 7.75. The van der Waals surface area contributed by atoms with Gasteiger partial charge in [-0.05, 0) is 36.4 Å². The summed E-state index contributed by atoms with van der Waals surface area (Å²) in [7, 11) is 0. The smallest absolute Gasteiger partial charge is 0.347 e. The zero-order valence-electron chi connectivity index (χ0n) is 13.8. The van der Waals surface area contributed by atoms with Crippen LogP contribution in [0.5, 0.6) is 23.0 Å². The van der Waals surface area contributed by atoms with E-state index < -0.39 is 23.3 Å². The molecule has 0 saturated carbocycles. The number of esters is 2. The van der Waals surface area contributed by atoms with Crippen LogP contribution < -0.4 is 9.47 Å². The van der Waals surface area contributed by atoms with Crippen molar-refractivity contribution < 1.29 is 33.7 Å². The van der Waals surface area contributed by atoms with E-state index in [9.17, 15) is 24.2 Å². The highest BCUT2D eigenvalue weighted by molar-refractivity contribution is 6.04. The number of hydrogen-bond acceptors (Lipinski definition) is 6. The number of halogens is 1. The molecule has 0 unspecified atom stereocenters. The SMILES string of the molecule is O=C(Oc1cccc(O)c1)c1cccc(F)c1C(=O)Oc1cccc(O)c1. The van der Waals surface area contributed by atoms with Crippen LogP contribution in [-0.2, 0) is 0 Å². The van der Waals surface area contributed by atoms with Gasteiger partial charge in [0.1, 0.15) is 34.4 Å². The molecule has 0 aromatic heterocycles. The van der Waals surface area contributed by atoms with E-state index in [0.717, 1.165) is 6.07 Å². The Kier molecular flexibility index (Phi) is 5.03. The van der Waals surface area contributed by atoms with Crippen LogP contribution >= 0.6 is 0 Å². The monoisotopic (exact) mass is 368 g/mol. The molecule has 3 aromatic carbocycles. The molecule has 0 fully saturated rings. The van der Waals surface area contributed by atoms with E-state index in [4.69, 9.17) is 9.47 Å². The zero-order chi connectivity index (χ0) is 19.4. The minimum absolute atomic E-state index is 0.0180. The maximum Gasteiger partial charge on any atom is 0.347 e. The second-order valence-electron chi connectivity index (χ2n) is 5.44. The van der Waals surface area contributed by atoms with Gasteiger partial charge in [-0.3, -0.25) is 0 Å². The van der Waals surface area contributed by atoms with Crippen LogP contribution in [0.1, 0.15) is 20.7 Å². The number of phenols is 2. The minimum Gasteiger partial charge on any atom is -0.508 e. The molecule has 0 spiro atoms. The van der Waals surface area contributed by atoms with Crippen LogP contribution in [0, 0.1) is 5.82 Å². The van der Waals surface area contributed by atoms with Crippen LogP contribution in [0.15, 0.2) is 66.7 Å². The normalized spacial score (nSPS) is 10.3. The molecule has 0 heterocycles. The van der Waals surface area contributed by atoms with Crippen molar-refractivity contribution in [3.8, 4) is 23.0 Å². The summed E-state index contributed by atoms with van der Waals surface area (Å²) in [5, 5.41) is 18.8. The average molecular weight is 368 g/mol. The number of rotatable bonds is 4. The van der Waals surface area contributed by atoms with Gasteiger partial charge in [-0.2, -0.15) is 0 Å². The van der Waals surface area contributed by atoms with Crippen molar-refractivity contribution in [3.05, 3.63) is 83.7 Å². The first kappa shape index (κ1) is 17.9. The van der Waals surface area contributed by atoms with Gasteiger partial charge < -0.3 is 19.7 Å². The highest BCUT2D eigenvalue weighted by Crippen LogP contribution is 2.23. The Hall–Kier alpha value is -3.87. The first-order chi connectivity index (χ1) is 12.9. The van der Waals surface area contributed by atoms with Gasteiger partial charge in [-0.1, -0.05) is 18.2 Å². The standard InChI is InChI=1S/C20H13FO6/c21-17-9-3-8-16(19(24)26-14-6-1-4-12(22)10-14)18(17)20(25)27-15-7-2-5-13(23)11-15/h1-11,22-23H. The summed E-state index contributed by atoms with van der Waals surface area (Å²) in [6.45, 7) is 0. The lowest BCUT2D eigenvalue weighted by molar-refractivity contribution is 0.0687. The van der Waals surface area contributed by atoms with Crippen LogP contribution in [0.2, 0.25) is 0 Å². The Labute approximate surface area is 153 Å². The second kappa shape index (κ2) is 7.57. The molecule has 0 atom stereocenters. The summed E-state index contributed by atoms with van der Waals surface area (Å²) in [6, 6.07) is 14.3. The molecule has 136 valence electrons. The van der Waals surface area contributed by atoms with Gasteiger partial charge in [0.2, 0.25) is 0 Å². The summed E-state index contributed by atoms with van der Waals surface area (Å²) in [5.41, 5.74) is -0.950. The summed E-state index contributed by atoms with van der Waals surface area (Å²) >= 11 is 0. The van der Waals surface area contributed by atoms with E-state index in [-0.39, 0.29) is 28.6 Å². The molecular formula is C20H13FO6. The molecule has 27 heavy (non-hydrogen) atoms. The zero-order valence-corrected chi connectivity index (χ0v) is 13.8. The predicted octanol–water partition coefficient (Wildman–Crippen LogP) is 3.68. The quantitative estimate of drug-likeness (QED) is 0.539. The van der Waals surface area contributed by atoms with E-state index >= 15 is 0 Å². The van der Waals surface area contributed by atoms with Gasteiger partial charge in [-0.15, -0.1) is 0 Å². The molecule has 0 aliphatic heterocycles. The van der Waals surface area contributed by atoms with Gasteiger partial charge in [0, 0.05) is 12.1 Å². The van der Waals surface area contributed by atoms with Crippen LogP contribution in [-0.4, -0.2) is 22.2 Å². The highest BCUT2D eigenvalue weighted by atomic mass is 19.1. The van der Waals surface area contributed by atoms with Crippen LogP contribution in [0.25, 0.3) is 0 Å². The molecule has 0 aliphatic carbocycles. The van der Waals surface area contributed by atoms with E-state index in [0.29, 0.717) is 0 Å². The third-order valence-corrected chi connectivity index (χ3v) is 3.49. The molecule has 0 radical (unpaired) electrons. The highest BCUT2D eigenvalue weighted by Gasteiger charge is 2.24. The largest absolute Gasteiger partial charge is 0.508 e. The molecular weight excluding hydrogens is 355 g/mol. The Morgan fingerprint density at radius 2 is 1.26 bits per heavy atom. The Bertz CT molecular complexity index is 1010. The van der Waals surface area contributed by atoms with Crippen molar-refractivity contribution in [2.75, 3.05) is 0 Å². The van der Waals surface area contributed by atoms with Gasteiger partial charge in [-0.25, -0.2) is 14.0 Å². The van der Waals surface area contributed by atoms with Crippen molar-refractivity contribution in [3.63, 3.8) is 0 Å². The van der Waals surface area contributed by atoms with Crippen molar-refractivity contribution in [2.24, 2.45) is 0 Å². The third-order valence-electron chi connectivity index (χ3n) is 3.49. The average Bonchev–Trinajstić information content (AvgIpc) is 2.61. The molecule has 3 rings (SSSR count). The van der Waals surface area contributed by atoms with Crippen LogP contribution in [0.3, 0.4) is 0 Å². The number of benzene rings is 3. The molecule has 0 bridgehead atoms. The van der Waals surface area contributed by atoms with Gasteiger partial charge in [0.25, 0.3) is 0 Å². The topological polar surface area (TPSA) is 93.1 Å². The first-order valence-electron chi connectivity index (χ1n) is 7.75. The van der Waals surface area contributed by atoms with E-state index in [1.807, 2.05) is 0 Å². The maximum atomic E-state index is 14.2. The summed E-state index contributed by atoms with van der Waals surface area (Å²) in [5.74, 6) is -3.34. The number of carbonyl (C=O) groups excluding carboxylic acids is 2. The summed E-state index contributed by atoms with van der Waals surface area (Å²) in [4.78, 5) is 24.8. The summed E-state index contributed by atoms with van der Waals surface area (Å²) < 4.78 is 24.4. The molecule has 0 aliphatic rings. The van der Waals surface area contributed by atoms with Crippen molar-refractivity contribution >= 4 is 11.9 Å². The van der Waals surface area contributed by atoms with Crippen LogP contribution in [0.4, 0.5) is 4.39 Å². The maximum absolute atomic E-state index is 14.2. The lowest BCUT2D eigenvalue weighted by Crippen LogP contribution is -2.19. The fraction of sp³-hybridized carbons (Fsp3) is 0. The van der Waals surface area contributed by atoms with E-state index in [1.54, 1.807) is 0 Å². The molecule has 7 heteroatoms. The van der Waals surface area contributed by atoms with E-state index in [1.165, 1.54) is 60.7 Å². The van der Waals surface area contributed by atoms with Gasteiger partial charge >= 0.3 is 11.9 Å². The number of aromatic hydroxyl groups is 2. The molecule has 2 N–H and O–H groups in total. The number of phenolic OH excluding ortho intramolecular Hbond substituents is 2. The Balaban J connectivity index is 1.89. The van der Waals surface area contributed by atoms with Crippen molar-refractivity contribution in [1.82, 2.24) is 0 Å². The van der Waals surface area contributed by atoms with E-state index in [2.05, 4.69) is 0 Å². The van der Waals surface area contributed by atoms with Gasteiger partial charge in [0.15, 0.2) is 0 Å². The predicted molar refractivity (Wildman–Crippen MR) is 92.5 cm³/mol. The van der Waals surface area contributed by atoms with Crippen molar-refractivity contribution in [1.29, 1.82) is 0 Å². The molecule has 0 amide bonds. The van der Waals surface area contributed by atoms with Gasteiger partial charge in [0.05, 0.1) is 5.56 Å². The third kappa shape index (κ3) is 4.21. The fourth-order valence-corrected chi connectivity index (χ4v) is 2.32. The Morgan fingerprint density at radius 1 is 0.741 bits per heavy atom. The number of ether oxygens (including phenoxy) is 2.